The lowest BCUT2D eigenvalue weighted by atomic mass is 10.0. The number of hydrogen-bond acceptors (Lipinski definition) is 3. The molecule has 0 spiro atoms. The van der Waals surface area contributed by atoms with E-state index in [1.807, 2.05) is 37.3 Å². The normalized spacial score (nSPS) is 10.8. The molecule has 0 saturated heterocycles. The van der Waals surface area contributed by atoms with E-state index in [1.54, 1.807) is 11.7 Å². The molecule has 1 N–H and O–H groups in total. The van der Waals surface area contributed by atoms with Gasteiger partial charge in [0.05, 0.1) is 13.2 Å². The van der Waals surface area contributed by atoms with Crippen molar-refractivity contribution in [3.8, 4) is 0 Å². The molecule has 0 aliphatic carbocycles. The topological polar surface area (TPSA) is 64.1 Å². The molecule has 21 heavy (non-hydrogen) atoms. The molecule has 1 aromatic heterocycles. The van der Waals surface area contributed by atoms with Crippen LogP contribution in [-0.2, 0) is 24.1 Å². The fourth-order valence-corrected chi connectivity index (χ4v) is 2.43. The molecule has 0 aliphatic heterocycles. The minimum atomic E-state index is -0.375. The van der Waals surface area contributed by atoms with Gasteiger partial charge in [0, 0.05) is 24.8 Å². The standard InChI is InChI=1S/C16H20N2O3/c1-3-13-14(11-12-7-5-4-6-8-12)18(9-10-21-2)16(20)17-15(13)19/h4-8H,3,9-11H2,1-2H3,(H,17,19,20). The number of aromatic nitrogens is 2. The van der Waals surface area contributed by atoms with Crippen molar-refractivity contribution in [2.45, 2.75) is 26.3 Å². The molecule has 0 bridgehead atoms. The lowest BCUT2D eigenvalue weighted by molar-refractivity contribution is 0.184. The van der Waals surface area contributed by atoms with Crippen molar-refractivity contribution in [3.63, 3.8) is 0 Å². The third-order valence-electron chi connectivity index (χ3n) is 3.50. The first-order chi connectivity index (χ1) is 10.2. The summed E-state index contributed by atoms with van der Waals surface area (Å²) in [5.74, 6) is 0. The van der Waals surface area contributed by atoms with Crippen molar-refractivity contribution in [1.82, 2.24) is 9.55 Å². The average molecular weight is 288 g/mol. The highest BCUT2D eigenvalue weighted by molar-refractivity contribution is 5.27. The predicted molar refractivity (Wildman–Crippen MR) is 81.8 cm³/mol. The van der Waals surface area contributed by atoms with Crippen LogP contribution in [0.3, 0.4) is 0 Å². The Hall–Kier alpha value is -2.14. The molecule has 5 nitrogen and oxygen atoms in total. The number of nitrogens with one attached hydrogen (secondary N) is 1. The zero-order chi connectivity index (χ0) is 15.2. The highest BCUT2D eigenvalue weighted by atomic mass is 16.5. The second kappa shape index (κ2) is 7.04. The van der Waals surface area contributed by atoms with Gasteiger partial charge in [0.2, 0.25) is 0 Å². The highest BCUT2D eigenvalue weighted by Gasteiger charge is 2.13. The summed E-state index contributed by atoms with van der Waals surface area (Å²) >= 11 is 0. The summed E-state index contributed by atoms with van der Waals surface area (Å²) in [6.45, 7) is 2.78. The largest absolute Gasteiger partial charge is 0.383 e. The van der Waals surface area contributed by atoms with Gasteiger partial charge in [-0.3, -0.25) is 14.3 Å². The molecule has 0 saturated carbocycles. The molecule has 2 aromatic rings. The summed E-state index contributed by atoms with van der Waals surface area (Å²) in [6.07, 6.45) is 1.15. The fourth-order valence-electron chi connectivity index (χ4n) is 2.43. The minimum absolute atomic E-state index is 0.290. The molecule has 5 heteroatoms. The van der Waals surface area contributed by atoms with Gasteiger partial charge in [-0.25, -0.2) is 4.79 Å². The molecule has 2 rings (SSSR count). The molecule has 0 radical (unpaired) electrons. The molecule has 0 unspecified atom stereocenters. The Morgan fingerprint density at radius 2 is 1.90 bits per heavy atom. The second-order valence-electron chi connectivity index (χ2n) is 4.84. The van der Waals surface area contributed by atoms with Crippen LogP contribution in [0.5, 0.6) is 0 Å². The number of nitrogens with zero attached hydrogens (tertiary/aromatic N) is 1. The van der Waals surface area contributed by atoms with Crippen molar-refractivity contribution < 1.29 is 4.74 Å². The number of benzene rings is 1. The van der Waals surface area contributed by atoms with Gasteiger partial charge in [-0.1, -0.05) is 37.3 Å². The number of rotatable bonds is 6. The van der Waals surface area contributed by atoms with Crippen LogP contribution in [0.2, 0.25) is 0 Å². The molecule has 0 amide bonds. The first-order valence-electron chi connectivity index (χ1n) is 7.05. The van der Waals surface area contributed by atoms with E-state index < -0.39 is 0 Å². The Bertz CT molecular complexity index is 702. The summed E-state index contributed by atoms with van der Waals surface area (Å²) in [4.78, 5) is 26.5. The Morgan fingerprint density at radius 1 is 1.19 bits per heavy atom. The van der Waals surface area contributed by atoms with Crippen molar-refractivity contribution in [2.75, 3.05) is 13.7 Å². The van der Waals surface area contributed by atoms with Crippen LogP contribution in [0.15, 0.2) is 39.9 Å². The highest BCUT2D eigenvalue weighted by Crippen LogP contribution is 2.11. The second-order valence-corrected chi connectivity index (χ2v) is 4.84. The summed E-state index contributed by atoms with van der Waals surface area (Å²) in [6, 6.07) is 9.83. The van der Waals surface area contributed by atoms with E-state index in [0.29, 0.717) is 31.6 Å². The molecule has 1 heterocycles. The van der Waals surface area contributed by atoms with Gasteiger partial charge in [-0.2, -0.15) is 0 Å². The summed E-state index contributed by atoms with van der Waals surface area (Å²) < 4.78 is 6.67. The van der Waals surface area contributed by atoms with Gasteiger partial charge in [0.1, 0.15) is 0 Å². The van der Waals surface area contributed by atoms with Crippen LogP contribution >= 0.6 is 0 Å². The lowest BCUT2D eigenvalue weighted by Gasteiger charge is -2.15. The number of aromatic amines is 1. The Kier molecular flexibility index (Phi) is 5.11. The third-order valence-corrected chi connectivity index (χ3v) is 3.50. The van der Waals surface area contributed by atoms with Gasteiger partial charge in [0.15, 0.2) is 0 Å². The van der Waals surface area contributed by atoms with Crippen LogP contribution in [0.4, 0.5) is 0 Å². The molecule has 0 atom stereocenters. The smallest absolute Gasteiger partial charge is 0.328 e. The Labute approximate surface area is 123 Å². The van der Waals surface area contributed by atoms with Crippen LogP contribution in [0.1, 0.15) is 23.7 Å². The van der Waals surface area contributed by atoms with Gasteiger partial charge >= 0.3 is 5.69 Å². The molecule has 1 aromatic carbocycles. The quantitative estimate of drug-likeness (QED) is 0.872. The minimum Gasteiger partial charge on any atom is -0.383 e. The van der Waals surface area contributed by atoms with E-state index in [9.17, 15) is 9.59 Å². The van der Waals surface area contributed by atoms with E-state index in [2.05, 4.69) is 4.98 Å². The van der Waals surface area contributed by atoms with Crippen molar-refractivity contribution >= 4 is 0 Å². The zero-order valence-corrected chi connectivity index (χ0v) is 12.4. The molecular formula is C16H20N2O3. The maximum Gasteiger partial charge on any atom is 0.328 e. The van der Waals surface area contributed by atoms with Crippen LogP contribution in [0, 0.1) is 0 Å². The van der Waals surface area contributed by atoms with Gasteiger partial charge in [0.25, 0.3) is 5.56 Å². The van der Waals surface area contributed by atoms with E-state index in [1.165, 1.54) is 0 Å². The summed E-state index contributed by atoms with van der Waals surface area (Å²) in [5.41, 5.74) is 1.84. The van der Waals surface area contributed by atoms with Crippen LogP contribution in [-0.4, -0.2) is 23.3 Å². The van der Waals surface area contributed by atoms with Crippen LogP contribution in [0.25, 0.3) is 0 Å². The molecule has 0 fully saturated rings. The van der Waals surface area contributed by atoms with Crippen LogP contribution < -0.4 is 11.2 Å². The van der Waals surface area contributed by atoms with E-state index in [4.69, 9.17) is 4.74 Å². The Morgan fingerprint density at radius 3 is 2.52 bits per heavy atom. The predicted octanol–water partition coefficient (Wildman–Crippen LogP) is 1.34. The first kappa shape index (κ1) is 15.3. The van der Waals surface area contributed by atoms with Gasteiger partial charge in [-0.05, 0) is 12.0 Å². The van der Waals surface area contributed by atoms with E-state index in [-0.39, 0.29) is 11.2 Å². The van der Waals surface area contributed by atoms with Gasteiger partial charge in [-0.15, -0.1) is 0 Å². The third kappa shape index (κ3) is 3.49. The fraction of sp³-hybridized carbons (Fsp3) is 0.375. The number of hydrogen-bond donors (Lipinski definition) is 1. The average Bonchev–Trinajstić information content (AvgIpc) is 2.48. The molecular weight excluding hydrogens is 268 g/mol. The lowest BCUT2D eigenvalue weighted by Crippen LogP contribution is -2.36. The maximum atomic E-state index is 12.1. The summed E-state index contributed by atoms with van der Waals surface area (Å²) in [7, 11) is 1.59. The van der Waals surface area contributed by atoms with Gasteiger partial charge < -0.3 is 4.74 Å². The van der Waals surface area contributed by atoms with E-state index in [0.717, 1.165) is 11.3 Å². The number of methoxy groups -OCH3 is 1. The van der Waals surface area contributed by atoms with E-state index >= 15 is 0 Å². The van der Waals surface area contributed by atoms with Crippen molar-refractivity contribution in [3.05, 3.63) is 68.0 Å². The summed E-state index contributed by atoms with van der Waals surface area (Å²) in [5, 5.41) is 0. The first-order valence-corrected chi connectivity index (χ1v) is 7.05. The number of ether oxygens (including phenoxy) is 1. The Balaban J connectivity index is 2.53. The monoisotopic (exact) mass is 288 g/mol. The van der Waals surface area contributed by atoms with Crippen molar-refractivity contribution in [2.24, 2.45) is 0 Å². The maximum absolute atomic E-state index is 12.1. The molecule has 0 aliphatic rings. The SMILES string of the molecule is CCc1c(Cc2ccccc2)n(CCOC)c(=O)[nH]c1=O. The number of H-pyrrole nitrogens is 1. The zero-order valence-electron chi connectivity index (χ0n) is 12.4. The molecule has 112 valence electrons. The van der Waals surface area contributed by atoms with Crippen molar-refractivity contribution in [1.29, 1.82) is 0 Å².